The second-order valence-electron chi connectivity index (χ2n) is 6.10. The summed E-state index contributed by atoms with van der Waals surface area (Å²) in [6.45, 7) is 2.99. The van der Waals surface area contributed by atoms with Gasteiger partial charge in [-0.25, -0.2) is 9.18 Å². The number of carbonyl (C=O) groups is 2. The molecule has 0 aliphatic heterocycles. The summed E-state index contributed by atoms with van der Waals surface area (Å²) in [7, 11) is 0. The van der Waals surface area contributed by atoms with E-state index in [-0.39, 0.29) is 11.4 Å². The molecule has 3 rings (SSSR count). The van der Waals surface area contributed by atoms with Gasteiger partial charge in [0.05, 0.1) is 0 Å². The second kappa shape index (κ2) is 7.41. The fourth-order valence-corrected chi connectivity index (χ4v) is 2.51. The fourth-order valence-electron chi connectivity index (χ4n) is 2.51. The summed E-state index contributed by atoms with van der Waals surface area (Å²) in [4.78, 5) is 38.9. The number of rotatable bonds is 4. The molecule has 0 aliphatic carbocycles. The van der Waals surface area contributed by atoms with Gasteiger partial charge in [-0.2, -0.15) is 0 Å². The predicted octanol–water partition coefficient (Wildman–Crippen LogP) is 3.16. The van der Waals surface area contributed by atoms with Crippen LogP contribution in [0.4, 0.5) is 10.1 Å². The highest BCUT2D eigenvalue weighted by Gasteiger charge is 2.20. The monoisotopic (exact) mass is 368 g/mol. The lowest BCUT2D eigenvalue weighted by atomic mass is 10.1. The van der Waals surface area contributed by atoms with Crippen LogP contribution in [0.5, 0.6) is 0 Å². The first kappa shape index (κ1) is 18.3. The first-order valence-electron chi connectivity index (χ1n) is 8.25. The Morgan fingerprint density at radius 3 is 2.63 bits per heavy atom. The summed E-state index contributed by atoms with van der Waals surface area (Å²) in [6, 6.07) is 12.5. The van der Waals surface area contributed by atoms with Crippen molar-refractivity contribution in [2.45, 2.75) is 20.0 Å². The van der Waals surface area contributed by atoms with E-state index in [9.17, 15) is 18.8 Å². The van der Waals surface area contributed by atoms with Crippen LogP contribution in [0.1, 0.15) is 23.0 Å². The van der Waals surface area contributed by atoms with E-state index in [2.05, 4.69) is 10.3 Å². The van der Waals surface area contributed by atoms with E-state index in [1.807, 2.05) is 0 Å². The molecule has 0 aliphatic rings. The number of benzene rings is 2. The third-order valence-corrected chi connectivity index (χ3v) is 4.07. The zero-order chi connectivity index (χ0) is 19.6. The molecule has 7 heteroatoms. The van der Waals surface area contributed by atoms with Gasteiger partial charge in [0.25, 0.3) is 11.5 Å². The summed E-state index contributed by atoms with van der Waals surface area (Å²) in [5, 5.41) is 3.51. The number of fused-ring (bicyclic) bond motifs is 1. The van der Waals surface area contributed by atoms with Crippen LogP contribution < -0.4 is 10.9 Å². The van der Waals surface area contributed by atoms with Crippen LogP contribution in [0, 0.1) is 12.7 Å². The standard InChI is InChI=1S/C20H17FN2O4/c1-11-7-8-14(10-16(11)21)22-18(24)12(2)27-20(26)17-9-13-5-3-4-6-15(13)19(25)23-17/h3-10,12H,1-2H3,(H,22,24)(H,23,25)/t12-/m1/s1. The third kappa shape index (κ3) is 4.03. The van der Waals surface area contributed by atoms with Crippen LogP contribution >= 0.6 is 0 Å². The van der Waals surface area contributed by atoms with Crippen LogP contribution in [-0.4, -0.2) is 23.0 Å². The van der Waals surface area contributed by atoms with Gasteiger partial charge in [-0.05, 0) is 49.1 Å². The highest BCUT2D eigenvalue weighted by molar-refractivity contribution is 5.98. The summed E-state index contributed by atoms with van der Waals surface area (Å²) < 4.78 is 18.7. The first-order valence-corrected chi connectivity index (χ1v) is 8.25. The average Bonchev–Trinajstić information content (AvgIpc) is 2.64. The molecule has 27 heavy (non-hydrogen) atoms. The zero-order valence-corrected chi connectivity index (χ0v) is 14.7. The van der Waals surface area contributed by atoms with Crippen LogP contribution in [0.15, 0.2) is 53.3 Å². The normalized spacial score (nSPS) is 11.8. The first-order chi connectivity index (χ1) is 12.8. The van der Waals surface area contributed by atoms with Crippen molar-refractivity contribution < 1.29 is 18.7 Å². The SMILES string of the molecule is Cc1ccc(NC(=O)[C@@H](C)OC(=O)c2cc3ccccc3c(=O)[nH]2)cc1F. The van der Waals surface area contributed by atoms with Gasteiger partial charge in [0.2, 0.25) is 0 Å². The van der Waals surface area contributed by atoms with Crippen molar-refractivity contribution >= 4 is 28.3 Å². The molecular weight excluding hydrogens is 351 g/mol. The van der Waals surface area contributed by atoms with Gasteiger partial charge < -0.3 is 15.0 Å². The lowest BCUT2D eigenvalue weighted by Crippen LogP contribution is -2.30. The number of ether oxygens (including phenoxy) is 1. The Morgan fingerprint density at radius 1 is 1.15 bits per heavy atom. The van der Waals surface area contributed by atoms with E-state index < -0.39 is 29.4 Å². The van der Waals surface area contributed by atoms with Crippen molar-refractivity contribution in [2.24, 2.45) is 0 Å². The number of aromatic amines is 1. The maximum Gasteiger partial charge on any atom is 0.355 e. The number of carbonyl (C=O) groups excluding carboxylic acids is 2. The summed E-state index contributed by atoms with van der Waals surface area (Å²) in [6.07, 6.45) is -1.14. The van der Waals surface area contributed by atoms with E-state index in [1.54, 1.807) is 37.3 Å². The van der Waals surface area contributed by atoms with E-state index >= 15 is 0 Å². The van der Waals surface area contributed by atoms with Crippen molar-refractivity contribution in [3.63, 3.8) is 0 Å². The largest absolute Gasteiger partial charge is 0.448 e. The minimum atomic E-state index is -1.14. The Kier molecular flexibility index (Phi) is 5.03. The Bertz CT molecular complexity index is 1090. The number of hydrogen-bond acceptors (Lipinski definition) is 4. The summed E-state index contributed by atoms with van der Waals surface area (Å²) in [5.74, 6) is -1.91. The van der Waals surface area contributed by atoms with Gasteiger partial charge in [-0.15, -0.1) is 0 Å². The molecular formula is C20H17FN2O4. The van der Waals surface area contributed by atoms with Crippen molar-refractivity contribution in [3.8, 4) is 0 Å². The Labute approximate surface area is 154 Å². The van der Waals surface area contributed by atoms with Crippen molar-refractivity contribution in [2.75, 3.05) is 5.32 Å². The van der Waals surface area contributed by atoms with E-state index in [0.717, 1.165) is 0 Å². The molecule has 6 nitrogen and oxygen atoms in total. The molecule has 0 spiro atoms. The number of hydrogen-bond donors (Lipinski definition) is 2. The van der Waals surface area contributed by atoms with Gasteiger partial charge in [-0.3, -0.25) is 9.59 Å². The van der Waals surface area contributed by atoms with Crippen molar-refractivity contribution in [1.82, 2.24) is 4.98 Å². The topological polar surface area (TPSA) is 88.3 Å². The van der Waals surface area contributed by atoms with E-state index in [4.69, 9.17) is 4.74 Å². The Balaban J connectivity index is 1.72. The number of aryl methyl sites for hydroxylation is 1. The number of anilines is 1. The van der Waals surface area contributed by atoms with Crippen LogP contribution in [0.3, 0.4) is 0 Å². The minimum absolute atomic E-state index is 0.0558. The van der Waals surface area contributed by atoms with Crippen molar-refractivity contribution in [3.05, 3.63) is 76.0 Å². The maximum atomic E-state index is 13.6. The molecule has 0 saturated heterocycles. The Morgan fingerprint density at radius 2 is 1.89 bits per heavy atom. The van der Waals surface area contributed by atoms with Crippen LogP contribution in [0.25, 0.3) is 10.8 Å². The molecule has 138 valence electrons. The zero-order valence-electron chi connectivity index (χ0n) is 14.7. The van der Waals surface area contributed by atoms with Crippen molar-refractivity contribution in [1.29, 1.82) is 0 Å². The number of H-pyrrole nitrogens is 1. The lowest BCUT2D eigenvalue weighted by molar-refractivity contribution is -0.123. The van der Waals surface area contributed by atoms with Gasteiger partial charge in [-0.1, -0.05) is 24.3 Å². The highest BCUT2D eigenvalue weighted by Crippen LogP contribution is 2.15. The second-order valence-corrected chi connectivity index (χ2v) is 6.10. The van der Waals surface area contributed by atoms with Gasteiger partial charge in [0.1, 0.15) is 11.5 Å². The van der Waals surface area contributed by atoms with E-state index in [1.165, 1.54) is 25.1 Å². The molecule has 0 fully saturated rings. The Hall–Kier alpha value is -3.48. The summed E-state index contributed by atoms with van der Waals surface area (Å²) in [5.41, 5.74) is 0.227. The summed E-state index contributed by atoms with van der Waals surface area (Å²) >= 11 is 0. The number of pyridine rings is 1. The molecule has 0 bridgehead atoms. The number of halogens is 1. The number of aromatic nitrogens is 1. The molecule has 2 N–H and O–H groups in total. The smallest absolute Gasteiger partial charge is 0.355 e. The molecule has 0 radical (unpaired) electrons. The molecule has 2 aromatic carbocycles. The third-order valence-electron chi connectivity index (χ3n) is 4.07. The molecule has 1 amide bonds. The highest BCUT2D eigenvalue weighted by atomic mass is 19.1. The van der Waals surface area contributed by atoms with Crippen LogP contribution in [-0.2, 0) is 9.53 Å². The van der Waals surface area contributed by atoms with Gasteiger partial charge in [0.15, 0.2) is 6.10 Å². The van der Waals surface area contributed by atoms with Gasteiger partial charge >= 0.3 is 5.97 Å². The maximum absolute atomic E-state index is 13.6. The fraction of sp³-hybridized carbons (Fsp3) is 0.150. The molecule has 0 saturated carbocycles. The number of amides is 1. The average molecular weight is 368 g/mol. The van der Waals surface area contributed by atoms with Gasteiger partial charge in [0, 0.05) is 11.1 Å². The van der Waals surface area contributed by atoms with Crippen LogP contribution in [0.2, 0.25) is 0 Å². The quantitative estimate of drug-likeness (QED) is 0.693. The molecule has 1 atom stereocenters. The molecule has 0 unspecified atom stereocenters. The lowest BCUT2D eigenvalue weighted by Gasteiger charge is -2.14. The molecule has 1 aromatic heterocycles. The number of nitrogens with one attached hydrogen (secondary N) is 2. The molecule has 3 aromatic rings. The van der Waals surface area contributed by atoms with E-state index in [0.29, 0.717) is 16.3 Å². The number of esters is 1. The minimum Gasteiger partial charge on any atom is -0.448 e. The molecule has 1 heterocycles. The predicted molar refractivity (Wildman–Crippen MR) is 99.2 cm³/mol.